The molecule has 7 heteroatoms. The molecule has 0 spiro atoms. The molecule has 2 aliphatic rings. The number of carbonyl (C=O) groups is 2. The van der Waals surface area contributed by atoms with Crippen LogP contribution in [0.3, 0.4) is 0 Å². The first kappa shape index (κ1) is 18.0. The molecule has 1 aromatic rings. The second-order valence-electron chi connectivity index (χ2n) is 6.07. The van der Waals surface area contributed by atoms with Gasteiger partial charge >= 0.3 is 5.97 Å². The van der Waals surface area contributed by atoms with E-state index in [1.54, 1.807) is 30.9 Å². The van der Waals surface area contributed by atoms with Crippen LogP contribution in [0.2, 0.25) is 5.02 Å². The van der Waals surface area contributed by atoms with Crippen molar-refractivity contribution in [2.24, 2.45) is 4.99 Å². The predicted octanol–water partition coefficient (Wildman–Crippen LogP) is 3.94. The van der Waals surface area contributed by atoms with Gasteiger partial charge < -0.3 is 4.74 Å². The van der Waals surface area contributed by atoms with Gasteiger partial charge in [0.2, 0.25) is 5.91 Å². The number of carbonyl (C=O) groups excluding carboxylic acids is 2. The zero-order valence-corrected chi connectivity index (χ0v) is 15.9. The summed E-state index contributed by atoms with van der Waals surface area (Å²) in [6, 6.07) is 6.65. The largest absolute Gasteiger partial charge is 0.459 e. The normalized spacial score (nSPS) is 20.0. The summed E-state index contributed by atoms with van der Waals surface area (Å²) < 4.78 is 5.44. The highest BCUT2D eigenvalue weighted by atomic mass is 35.5. The first-order valence-corrected chi connectivity index (χ1v) is 9.51. The van der Waals surface area contributed by atoms with Crippen LogP contribution >= 0.6 is 23.4 Å². The van der Waals surface area contributed by atoms with Gasteiger partial charge in [0, 0.05) is 5.02 Å². The van der Waals surface area contributed by atoms with Crippen LogP contribution in [-0.4, -0.2) is 33.8 Å². The van der Waals surface area contributed by atoms with Crippen molar-refractivity contribution in [1.82, 2.24) is 4.90 Å². The molecule has 1 aromatic carbocycles. The third-order valence-electron chi connectivity index (χ3n) is 3.96. The summed E-state index contributed by atoms with van der Waals surface area (Å²) in [7, 11) is 0. The Labute approximate surface area is 156 Å². The van der Waals surface area contributed by atoms with E-state index in [1.165, 1.54) is 11.8 Å². The van der Waals surface area contributed by atoms with Crippen LogP contribution in [0.5, 0.6) is 0 Å². The van der Waals surface area contributed by atoms with Crippen molar-refractivity contribution in [2.75, 3.05) is 5.75 Å². The summed E-state index contributed by atoms with van der Waals surface area (Å²) >= 11 is 7.40. The van der Waals surface area contributed by atoms with Crippen LogP contribution in [0.4, 0.5) is 0 Å². The lowest BCUT2D eigenvalue weighted by atomic mass is 9.93. The molecule has 2 heterocycles. The highest BCUT2D eigenvalue weighted by Gasteiger charge is 2.43. The Morgan fingerprint density at radius 3 is 2.68 bits per heavy atom. The number of hydrogen-bond donors (Lipinski definition) is 0. The number of halogens is 1. The highest BCUT2D eigenvalue weighted by Crippen LogP contribution is 2.42. The lowest BCUT2D eigenvalue weighted by Gasteiger charge is -2.33. The van der Waals surface area contributed by atoms with E-state index in [0.29, 0.717) is 33.6 Å². The lowest BCUT2D eigenvalue weighted by molar-refractivity contribution is -0.143. The average Bonchev–Trinajstić information content (AvgIpc) is 2.94. The Morgan fingerprint density at radius 2 is 2.08 bits per heavy atom. The van der Waals surface area contributed by atoms with Gasteiger partial charge in [-0.2, -0.15) is 0 Å². The van der Waals surface area contributed by atoms with E-state index in [2.05, 4.69) is 4.99 Å². The number of nitrogens with zero attached hydrogens (tertiary/aromatic N) is 2. The number of hydrogen-bond acceptors (Lipinski definition) is 5. The Kier molecular flexibility index (Phi) is 5.20. The fourth-order valence-electron chi connectivity index (χ4n) is 2.91. The smallest absolute Gasteiger partial charge is 0.338 e. The molecule has 2 aliphatic heterocycles. The van der Waals surface area contributed by atoms with Crippen LogP contribution in [0, 0.1) is 0 Å². The number of amides is 1. The minimum atomic E-state index is -0.534. The second-order valence-corrected chi connectivity index (χ2v) is 7.45. The Morgan fingerprint density at radius 1 is 1.40 bits per heavy atom. The molecule has 3 rings (SSSR count). The summed E-state index contributed by atoms with van der Waals surface area (Å²) in [6.45, 7) is 5.55. The number of aliphatic imine (C=N–C) groups is 1. The minimum absolute atomic E-state index is 0.0614. The van der Waals surface area contributed by atoms with Gasteiger partial charge in [0.05, 0.1) is 29.2 Å². The number of fused-ring (bicyclic) bond motifs is 1. The summed E-state index contributed by atoms with van der Waals surface area (Å²) in [6.07, 6.45) is 0.330. The molecule has 0 bridgehead atoms. The number of esters is 1. The number of allylic oxidation sites excluding steroid dienone is 1. The number of ether oxygens (including phenoxy) is 1. The van der Waals surface area contributed by atoms with E-state index in [4.69, 9.17) is 16.3 Å². The molecule has 1 amide bonds. The van der Waals surface area contributed by atoms with Gasteiger partial charge in [-0.05, 0) is 38.0 Å². The molecule has 0 saturated carbocycles. The van der Waals surface area contributed by atoms with E-state index in [1.807, 2.05) is 19.1 Å². The van der Waals surface area contributed by atoms with Crippen LogP contribution in [0.1, 0.15) is 38.8 Å². The van der Waals surface area contributed by atoms with Crippen molar-refractivity contribution in [2.45, 2.75) is 39.3 Å². The molecule has 0 radical (unpaired) electrons. The molecule has 0 aliphatic carbocycles. The zero-order valence-electron chi connectivity index (χ0n) is 14.3. The van der Waals surface area contributed by atoms with Crippen LogP contribution in [0.25, 0.3) is 0 Å². The van der Waals surface area contributed by atoms with E-state index >= 15 is 0 Å². The van der Waals surface area contributed by atoms with E-state index in [0.717, 1.165) is 5.56 Å². The molecule has 1 fully saturated rings. The van der Waals surface area contributed by atoms with Crippen LogP contribution in [0.15, 0.2) is 40.5 Å². The molecule has 1 atom stereocenters. The van der Waals surface area contributed by atoms with Gasteiger partial charge in [-0.3, -0.25) is 9.69 Å². The third-order valence-corrected chi connectivity index (χ3v) is 5.15. The van der Waals surface area contributed by atoms with Crippen LogP contribution < -0.4 is 0 Å². The summed E-state index contributed by atoms with van der Waals surface area (Å²) in [5.74, 6) is -0.167. The molecule has 1 saturated heterocycles. The highest BCUT2D eigenvalue weighted by molar-refractivity contribution is 8.15. The van der Waals surface area contributed by atoms with Crippen LogP contribution in [-0.2, 0) is 14.3 Å². The van der Waals surface area contributed by atoms with Crippen molar-refractivity contribution in [3.05, 3.63) is 46.1 Å². The molecule has 1 unspecified atom stereocenters. The fourth-order valence-corrected chi connectivity index (χ4v) is 3.95. The predicted molar refractivity (Wildman–Crippen MR) is 99.5 cm³/mol. The number of benzene rings is 1. The maximum Gasteiger partial charge on any atom is 0.338 e. The van der Waals surface area contributed by atoms with Gasteiger partial charge in [-0.15, -0.1) is 0 Å². The van der Waals surface area contributed by atoms with Crippen molar-refractivity contribution in [3.63, 3.8) is 0 Å². The monoisotopic (exact) mass is 378 g/mol. The third kappa shape index (κ3) is 3.46. The quantitative estimate of drug-likeness (QED) is 0.744. The molecular formula is C18H19ClN2O3S. The maximum atomic E-state index is 12.8. The number of rotatable bonds is 4. The SMILES string of the molecule is CCC1=C(C(=O)OC(C)C)C(c2ccc(Cl)cc2)N2C(=O)CSC2=N1. The van der Waals surface area contributed by atoms with E-state index < -0.39 is 12.0 Å². The Balaban J connectivity index is 2.15. The molecule has 0 aromatic heterocycles. The van der Waals surface area contributed by atoms with Crippen molar-refractivity contribution >= 4 is 40.4 Å². The second kappa shape index (κ2) is 7.22. The molecule has 25 heavy (non-hydrogen) atoms. The summed E-state index contributed by atoms with van der Waals surface area (Å²) in [4.78, 5) is 31.4. The maximum absolute atomic E-state index is 12.8. The summed E-state index contributed by atoms with van der Waals surface area (Å²) in [5, 5.41) is 1.24. The van der Waals surface area contributed by atoms with Gasteiger partial charge in [-0.1, -0.05) is 42.4 Å². The van der Waals surface area contributed by atoms with E-state index in [9.17, 15) is 9.59 Å². The fraction of sp³-hybridized carbons (Fsp3) is 0.389. The van der Waals surface area contributed by atoms with Gasteiger partial charge in [0.25, 0.3) is 0 Å². The zero-order chi connectivity index (χ0) is 18.1. The summed E-state index contributed by atoms with van der Waals surface area (Å²) in [5.41, 5.74) is 1.91. The molecule has 5 nitrogen and oxygen atoms in total. The van der Waals surface area contributed by atoms with E-state index in [-0.39, 0.29) is 12.0 Å². The Hall–Kier alpha value is -1.79. The molecular weight excluding hydrogens is 360 g/mol. The first-order valence-electron chi connectivity index (χ1n) is 8.15. The molecule has 132 valence electrons. The van der Waals surface area contributed by atoms with Gasteiger partial charge in [-0.25, -0.2) is 9.79 Å². The Bertz CT molecular complexity index is 771. The lowest BCUT2D eigenvalue weighted by Crippen LogP contribution is -2.40. The number of thioether (sulfide) groups is 1. The number of amidine groups is 1. The minimum Gasteiger partial charge on any atom is -0.459 e. The standard InChI is InChI=1S/C18H19ClN2O3S/c1-4-13-15(17(23)24-10(2)3)16(11-5-7-12(19)8-6-11)21-14(22)9-25-18(21)20-13/h5-8,10,16H,4,9H2,1-3H3. The molecule has 0 N–H and O–H groups in total. The average molecular weight is 379 g/mol. The van der Waals surface area contributed by atoms with Crippen molar-refractivity contribution in [3.8, 4) is 0 Å². The topological polar surface area (TPSA) is 59.0 Å². The van der Waals surface area contributed by atoms with Crippen molar-refractivity contribution in [1.29, 1.82) is 0 Å². The van der Waals surface area contributed by atoms with Crippen molar-refractivity contribution < 1.29 is 14.3 Å². The first-order chi connectivity index (χ1) is 11.9. The van der Waals surface area contributed by atoms with Gasteiger partial charge in [0.1, 0.15) is 0 Å². The van der Waals surface area contributed by atoms with Gasteiger partial charge in [0.15, 0.2) is 5.17 Å².